The first-order valence-corrected chi connectivity index (χ1v) is 8.70. The molecular formula is C13H13N5O2S2. The quantitative estimate of drug-likeness (QED) is 0.658. The molecule has 4 N–H and O–H groups in total. The molecule has 0 radical (unpaired) electrons. The summed E-state index contributed by atoms with van der Waals surface area (Å²) >= 11 is 0.985. The first-order chi connectivity index (χ1) is 10.5. The van der Waals surface area contributed by atoms with Crippen LogP contribution in [0.15, 0.2) is 46.9 Å². The largest absolute Gasteiger partial charge is 0.354 e. The number of H-pyrrole nitrogens is 1. The van der Waals surface area contributed by atoms with E-state index >= 15 is 0 Å². The molecule has 0 spiro atoms. The summed E-state index contributed by atoms with van der Waals surface area (Å²) in [5, 5.41) is 8.53. The summed E-state index contributed by atoms with van der Waals surface area (Å²) in [6.45, 7) is 0.407. The van der Waals surface area contributed by atoms with E-state index in [0.29, 0.717) is 11.7 Å². The van der Waals surface area contributed by atoms with Crippen LogP contribution in [0.25, 0.3) is 11.3 Å². The summed E-state index contributed by atoms with van der Waals surface area (Å²) < 4.78 is 22.4. The van der Waals surface area contributed by atoms with Gasteiger partial charge in [-0.05, 0) is 5.56 Å². The molecule has 0 saturated carbocycles. The maximum atomic E-state index is 11.2. The number of rotatable bonds is 5. The molecule has 22 heavy (non-hydrogen) atoms. The first kappa shape index (κ1) is 14.7. The molecule has 0 aliphatic heterocycles. The van der Waals surface area contributed by atoms with E-state index in [2.05, 4.69) is 20.3 Å². The number of hydrogen-bond acceptors (Lipinski definition) is 6. The van der Waals surface area contributed by atoms with Crippen LogP contribution in [0, 0.1) is 0 Å². The molecule has 9 heteroatoms. The van der Waals surface area contributed by atoms with Crippen LogP contribution in [-0.2, 0) is 16.6 Å². The molecular weight excluding hydrogens is 322 g/mol. The number of aromatic amines is 1. The summed E-state index contributed by atoms with van der Waals surface area (Å²) in [6, 6.07) is 9.85. The van der Waals surface area contributed by atoms with Crippen molar-refractivity contribution in [1.82, 2.24) is 15.0 Å². The molecule has 2 heterocycles. The van der Waals surface area contributed by atoms with Crippen LogP contribution in [0.5, 0.6) is 0 Å². The highest BCUT2D eigenvalue weighted by Gasteiger charge is 2.12. The lowest BCUT2D eigenvalue weighted by atomic mass is 10.2. The highest BCUT2D eigenvalue weighted by molar-refractivity contribution is 7.91. The lowest BCUT2D eigenvalue weighted by molar-refractivity contribution is 0.599. The number of nitrogens with one attached hydrogen (secondary N) is 2. The fourth-order valence-electron chi connectivity index (χ4n) is 1.85. The van der Waals surface area contributed by atoms with Crippen LogP contribution >= 0.6 is 11.3 Å². The van der Waals surface area contributed by atoms with Gasteiger partial charge in [0.2, 0.25) is 10.0 Å². The lowest BCUT2D eigenvalue weighted by Gasteiger charge is -1.99. The predicted molar refractivity (Wildman–Crippen MR) is 84.8 cm³/mol. The Morgan fingerprint density at radius 2 is 1.95 bits per heavy atom. The van der Waals surface area contributed by atoms with Crippen molar-refractivity contribution in [3.8, 4) is 11.3 Å². The van der Waals surface area contributed by atoms with Gasteiger partial charge in [-0.3, -0.25) is 0 Å². The minimum absolute atomic E-state index is 0.0272. The number of thiazole rings is 1. The van der Waals surface area contributed by atoms with Crippen LogP contribution < -0.4 is 10.5 Å². The van der Waals surface area contributed by atoms with Crippen molar-refractivity contribution in [2.24, 2.45) is 5.14 Å². The zero-order chi connectivity index (χ0) is 15.6. The number of nitrogens with zero attached hydrogens (tertiary/aromatic N) is 2. The molecule has 114 valence electrons. The average molecular weight is 335 g/mol. The second kappa shape index (κ2) is 5.87. The van der Waals surface area contributed by atoms with Crippen molar-refractivity contribution in [2.75, 3.05) is 5.32 Å². The molecule has 0 amide bonds. The summed E-state index contributed by atoms with van der Waals surface area (Å²) in [5.41, 5.74) is 1.97. The van der Waals surface area contributed by atoms with E-state index in [-0.39, 0.29) is 4.21 Å². The number of imidazole rings is 1. The van der Waals surface area contributed by atoms with Crippen LogP contribution in [0.1, 0.15) is 5.82 Å². The highest BCUT2D eigenvalue weighted by Crippen LogP contribution is 2.22. The standard InChI is InChI=1S/C13H13N5O2S2/c14-22(19,20)12-8-17-13(21-12)16-7-11-15-6-10(18-11)9-4-2-1-3-5-9/h1-6,8H,7H2,(H,15,18)(H,16,17)(H2,14,19,20). The second-order valence-corrected chi connectivity index (χ2v) is 7.31. The van der Waals surface area contributed by atoms with Crippen molar-refractivity contribution >= 4 is 26.5 Å². The first-order valence-electron chi connectivity index (χ1n) is 6.34. The number of anilines is 1. The van der Waals surface area contributed by atoms with E-state index in [1.54, 1.807) is 6.20 Å². The van der Waals surface area contributed by atoms with E-state index in [9.17, 15) is 8.42 Å². The normalized spacial score (nSPS) is 11.5. The predicted octanol–water partition coefficient (Wildman–Crippen LogP) is 1.79. The van der Waals surface area contributed by atoms with Gasteiger partial charge in [0.1, 0.15) is 5.82 Å². The van der Waals surface area contributed by atoms with Crippen LogP contribution in [0.2, 0.25) is 0 Å². The molecule has 0 saturated heterocycles. The van der Waals surface area contributed by atoms with Gasteiger partial charge in [-0.1, -0.05) is 41.7 Å². The monoisotopic (exact) mass is 335 g/mol. The molecule has 1 aromatic carbocycles. The minimum Gasteiger partial charge on any atom is -0.354 e. The maximum absolute atomic E-state index is 11.2. The Bertz CT molecular complexity index is 871. The summed E-state index contributed by atoms with van der Waals surface area (Å²) in [5.74, 6) is 0.728. The van der Waals surface area contributed by atoms with E-state index in [1.807, 2.05) is 30.3 Å². The molecule has 0 atom stereocenters. The van der Waals surface area contributed by atoms with Crippen molar-refractivity contribution in [2.45, 2.75) is 10.8 Å². The zero-order valence-corrected chi connectivity index (χ0v) is 13.0. The van der Waals surface area contributed by atoms with Crippen LogP contribution in [0.3, 0.4) is 0 Å². The molecule has 0 fully saturated rings. The van der Waals surface area contributed by atoms with Crippen molar-refractivity contribution in [1.29, 1.82) is 0 Å². The Morgan fingerprint density at radius 3 is 2.64 bits per heavy atom. The lowest BCUT2D eigenvalue weighted by Crippen LogP contribution is -2.09. The molecule has 0 unspecified atom stereocenters. The van der Waals surface area contributed by atoms with Crippen molar-refractivity contribution in [3.63, 3.8) is 0 Å². The number of nitrogens with two attached hydrogens (primary N) is 1. The fourth-order valence-corrected chi connectivity index (χ4v) is 3.30. The zero-order valence-electron chi connectivity index (χ0n) is 11.4. The van der Waals surface area contributed by atoms with E-state index in [4.69, 9.17) is 5.14 Å². The highest BCUT2D eigenvalue weighted by atomic mass is 32.2. The Labute approximate surface area is 131 Å². The number of sulfonamides is 1. The van der Waals surface area contributed by atoms with Crippen LogP contribution in [0.4, 0.5) is 5.13 Å². The Balaban J connectivity index is 1.68. The summed E-state index contributed by atoms with van der Waals surface area (Å²) in [6.07, 6.45) is 2.99. The number of aromatic nitrogens is 3. The smallest absolute Gasteiger partial charge is 0.249 e. The van der Waals surface area contributed by atoms with Crippen LogP contribution in [-0.4, -0.2) is 23.4 Å². The third kappa shape index (κ3) is 3.32. The van der Waals surface area contributed by atoms with Gasteiger partial charge >= 0.3 is 0 Å². The topological polar surface area (TPSA) is 114 Å². The van der Waals surface area contributed by atoms with E-state index < -0.39 is 10.0 Å². The van der Waals surface area contributed by atoms with Gasteiger partial charge < -0.3 is 10.3 Å². The Kier molecular flexibility index (Phi) is 3.92. The molecule has 2 aromatic heterocycles. The Morgan fingerprint density at radius 1 is 1.18 bits per heavy atom. The molecule has 3 rings (SSSR count). The molecule has 7 nitrogen and oxygen atoms in total. The second-order valence-electron chi connectivity index (χ2n) is 4.49. The average Bonchev–Trinajstić information content (AvgIpc) is 3.15. The van der Waals surface area contributed by atoms with Gasteiger partial charge in [-0.15, -0.1) is 0 Å². The van der Waals surface area contributed by atoms with E-state index in [0.717, 1.165) is 28.4 Å². The van der Waals surface area contributed by atoms with Gasteiger partial charge in [0.25, 0.3) is 0 Å². The van der Waals surface area contributed by atoms with Crippen molar-refractivity contribution in [3.05, 3.63) is 48.5 Å². The fraction of sp³-hybridized carbons (Fsp3) is 0.0769. The van der Waals surface area contributed by atoms with Gasteiger partial charge in [0, 0.05) is 0 Å². The summed E-state index contributed by atoms with van der Waals surface area (Å²) in [7, 11) is -3.70. The SMILES string of the molecule is NS(=O)(=O)c1cnc(NCc2ncc(-c3ccccc3)[nH]2)s1. The van der Waals surface area contributed by atoms with E-state index in [1.165, 1.54) is 6.20 Å². The van der Waals surface area contributed by atoms with Gasteiger partial charge in [0.15, 0.2) is 9.34 Å². The maximum Gasteiger partial charge on any atom is 0.249 e. The molecule has 0 aliphatic carbocycles. The molecule has 3 aromatic rings. The van der Waals surface area contributed by atoms with Gasteiger partial charge in [-0.25, -0.2) is 23.5 Å². The third-order valence-electron chi connectivity index (χ3n) is 2.89. The van der Waals surface area contributed by atoms with Crippen molar-refractivity contribution < 1.29 is 8.42 Å². The molecule has 0 aliphatic rings. The number of benzene rings is 1. The summed E-state index contributed by atoms with van der Waals surface area (Å²) in [4.78, 5) is 11.4. The number of primary sulfonamides is 1. The minimum atomic E-state index is -3.70. The molecule has 0 bridgehead atoms. The number of hydrogen-bond donors (Lipinski definition) is 3. The van der Waals surface area contributed by atoms with Gasteiger partial charge in [0.05, 0.1) is 24.6 Å². The third-order valence-corrected chi connectivity index (χ3v) is 5.25. The van der Waals surface area contributed by atoms with Gasteiger partial charge in [-0.2, -0.15) is 0 Å². The Hall–Kier alpha value is -2.23.